The van der Waals surface area contributed by atoms with Crippen molar-refractivity contribution in [2.75, 3.05) is 13.2 Å². The molecule has 0 amide bonds. The fraction of sp³-hybridized carbons (Fsp3) is 0.267. The summed E-state index contributed by atoms with van der Waals surface area (Å²) < 4.78 is 11.0. The summed E-state index contributed by atoms with van der Waals surface area (Å²) in [6, 6.07) is 11.3. The molecule has 0 aliphatic rings. The van der Waals surface area contributed by atoms with Gasteiger partial charge in [-0.2, -0.15) is 0 Å². The maximum absolute atomic E-state index is 5.98. The first-order valence-electron chi connectivity index (χ1n) is 6.24. The van der Waals surface area contributed by atoms with E-state index < -0.39 is 0 Å². The normalized spacial score (nSPS) is 10.2. The van der Waals surface area contributed by atoms with Gasteiger partial charge in [0, 0.05) is 12.3 Å². The van der Waals surface area contributed by atoms with Crippen molar-refractivity contribution in [3.63, 3.8) is 0 Å². The summed E-state index contributed by atoms with van der Waals surface area (Å²) in [5.41, 5.74) is 1.19. The average molecular weight is 278 g/mol. The van der Waals surface area contributed by atoms with Crippen LogP contribution in [-0.4, -0.2) is 18.2 Å². The topological polar surface area (TPSA) is 31.4 Å². The van der Waals surface area contributed by atoms with Crippen molar-refractivity contribution in [2.24, 2.45) is 0 Å². The second-order valence-corrected chi connectivity index (χ2v) is 4.39. The Hall–Kier alpha value is -1.74. The van der Waals surface area contributed by atoms with Crippen LogP contribution >= 0.6 is 11.6 Å². The SMILES string of the molecule is CCc1ccc(OCCOc2ccccc2Cl)nc1. The molecule has 0 atom stereocenters. The van der Waals surface area contributed by atoms with Crippen LogP contribution < -0.4 is 9.47 Å². The van der Waals surface area contributed by atoms with Gasteiger partial charge in [0.1, 0.15) is 19.0 Å². The number of aromatic nitrogens is 1. The number of rotatable bonds is 6. The molecule has 1 aromatic heterocycles. The van der Waals surface area contributed by atoms with Gasteiger partial charge in [0.25, 0.3) is 0 Å². The lowest BCUT2D eigenvalue weighted by atomic mass is 10.2. The number of benzene rings is 1. The first-order chi connectivity index (χ1) is 9.29. The van der Waals surface area contributed by atoms with Crippen LogP contribution in [0.3, 0.4) is 0 Å². The first kappa shape index (κ1) is 13.7. The van der Waals surface area contributed by atoms with E-state index in [0.717, 1.165) is 6.42 Å². The van der Waals surface area contributed by atoms with Crippen LogP contribution in [0.5, 0.6) is 11.6 Å². The highest BCUT2D eigenvalue weighted by molar-refractivity contribution is 6.32. The third kappa shape index (κ3) is 4.14. The van der Waals surface area contributed by atoms with Crippen molar-refractivity contribution >= 4 is 11.6 Å². The average Bonchev–Trinajstić information content (AvgIpc) is 2.46. The standard InChI is InChI=1S/C15H16ClNO2/c1-2-12-7-8-15(17-11-12)19-10-9-18-14-6-4-3-5-13(14)16/h3-8,11H,2,9-10H2,1H3. The first-order valence-corrected chi connectivity index (χ1v) is 6.62. The van der Waals surface area contributed by atoms with Gasteiger partial charge in [0.2, 0.25) is 5.88 Å². The summed E-state index contributed by atoms with van der Waals surface area (Å²) >= 11 is 5.98. The van der Waals surface area contributed by atoms with Gasteiger partial charge in [-0.05, 0) is 24.1 Å². The van der Waals surface area contributed by atoms with E-state index in [2.05, 4.69) is 11.9 Å². The van der Waals surface area contributed by atoms with E-state index in [0.29, 0.717) is 29.9 Å². The summed E-state index contributed by atoms with van der Waals surface area (Å²) in [7, 11) is 0. The zero-order valence-corrected chi connectivity index (χ0v) is 11.6. The molecule has 2 rings (SSSR count). The highest BCUT2D eigenvalue weighted by atomic mass is 35.5. The molecule has 0 spiro atoms. The molecule has 0 aliphatic heterocycles. The van der Waals surface area contributed by atoms with Crippen molar-refractivity contribution < 1.29 is 9.47 Å². The smallest absolute Gasteiger partial charge is 0.213 e. The monoisotopic (exact) mass is 277 g/mol. The summed E-state index contributed by atoms with van der Waals surface area (Å²) in [5, 5.41) is 0.605. The van der Waals surface area contributed by atoms with Gasteiger partial charge in [0.15, 0.2) is 0 Å². The van der Waals surface area contributed by atoms with Gasteiger partial charge in [-0.25, -0.2) is 4.98 Å². The Morgan fingerprint density at radius 3 is 2.53 bits per heavy atom. The second kappa shape index (κ2) is 7.00. The van der Waals surface area contributed by atoms with Crippen molar-refractivity contribution in [1.29, 1.82) is 0 Å². The molecule has 1 heterocycles. The Morgan fingerprint density at radius 1 is 1.05 bits per heavy atom. The van der Waals surface area contributed by atoms with Crippen molar-refractivity contribution in [3.05, 3.63) is 53.2 Å². The van der Waals surface area contributed by atoms with E-state index in [1.54, 1.807) is 6.07 Å². The Labute approximate surface area is 118 Å². The summed E-state index contributed by atoms with van der Waals surface area (Å²) in [5.74, 6) is 1.28. The minimum Gasteiger partial charge on any atom is -0.488 e. The molecule has 4 heteroatoms. The maximum atomic E-state index is 5.98. The van der Waals surface area contributed by atoms with Crippen molar-refractivity contribution in [2.45, 2.75) is 13.3 Å². The lowest BCUT2D eigenvalue weighted by Crippen LogP contribution is -2.09. The molecule has 0 fully saturated rings. The number of pyridine rings is 1. The fourth-order valence-electron chi connectivity index (χ4n) is 1.57. The van der Waals surface area contributed by atoms with Gasteiger partial charge in [-0.15, -0.1) is 0 Å². The molecule has 0 radical (unpaired) electrons. The number of para-hydroxylation sites is 1. The Balaban J connectivity index is 1.76. The number of hydrogen-bond acceptors (Lipinski definition) is 3. The van der Waals surface area contributed by atoms with E-state index in [1.165, 1.54) is 5.56 Å². The van der Waals surface area contributed by atoms with Crippen LogP contribution in [-0.2, 0) is 6.42 Å². The Bertz CT molecular complexity index is 514. The predicted molar refractivity (Wildman–Crippen MR) is 76.1 cm³/mol. The molecule has 0 saturated heterocycles. The molecule has 0 aliphatic carbocycles. The van der Waals surface area contributed by atoms with E-state index in [4.69, 9.17) is 21.1 Å². The molecule has 0 N–H and O–H groups in total. The minimum absolute atomic E-state index is 0.431. The van der Waals surface area contributed by atoms with E-state index >= 15 is 0 Å². The van der Waals surface area contributed by atoms with Gasteiger partial charge >= 0.3 is 0 Å². The largest absolute Gasteiger partial charge is 0.488 e. The molecule has 0 unspecified atom stereocenters. The zero-order valence-electron chi connectivity index (χ0n) is 10.8. The van der Waals surface area contributed by atoms with Gasteiger partial charge in [-0.1, -0.05) is 36.7 Å². The van der Waals surface area contributed by atoms with E-state index in [9.17, 15) is 0 Å². The Morgan fingerprint density at radius 2 is 1.84 bits per heavy atom. The molecule has 100 valence electrons. The molecule has 19 heavy (non-hydrogen) atoms. The number of hydrogen-bond donors (Lipinski definition) is 0. The molecule has 2 aromatic rings. The minimum atomic E-state index is 0.431. The fourth-order valence-corrected chi connectivity index (χ4v) is 1.76. The van der Waals surface area contributed by atoms with Crippen LogP contribution in [0.1, 0.15) is 12.5 Å². The van der Waals surface area contributed by atoms with E-state index in [-0.39, 0.29) is 0 Å². The van der Waals surface area contributed by atoms with Crippen LogP contribution in [0.25, 0.3) is 0 Å². The van der Waals surface area contributed by atoms with Crippen LogP contribution in [0.15, 0.2) is 42.6 Å². The number of aryl methyl sites for hydroxylation is 1. The zero-order chi connectivity index (χ0) is 13.5. The molecule has 0 bridgehead atoms. The maximum Gasteiger partial charge on any atom is 0.213 e. The predicted octanol–water partition coefficient (Wildman–Crippen LogP) is 3.76. The third-order valence-electron chi connectivity index (χ3n) is 2.63. The Kier molecular flexibility index (Phi) is 5.04. The molecular weight excluding hydrogens is 262 g/mol. The van der Waals surface area contributed by atoms with E-state index in [1.807, 2.05) is 36.5 Å². The highest BCUT2D eigenvalue weighted by Gasteiger charge is 2.00. The number of halogens is 1. The highest BCUT2D eigenvalue weighted by Crippen LogP contribution is 2.22. The molecule has 1 aromatic carbocycles. The lowest BCUT2D eigenvalue weighted by molar-refractivity contribution is 0.212. The third-order valence-corrected chi connectivity index (χ3v) is 2.95. The van der Waals surface area contributed by atoms with Gasteiger partial charge in [0.05, 0.1) is 5.02 Å². The van der Waals surface area contributed by atoms with Gasteiger partial charge in [-0.3, -0.25) is 0 Å². The van der Waals surface area contributed by atoms with Crippen LogP contribution in [0.4, 0.5) is 0 Å². The summed E-state index contributed by atoms with van der Waals surface area (Å²) in [6.07, 6.45) is 2.80. The van der Waals surface area contributed by atoms with Crippen molar-refractivity contribution in [1.82, 2.24) is 4.98 Å². The van der Waals surface area contributed by atoms with Crippen molar-refractivity contribution in [3.8, 4) is 11.6 Å². The van der Waals surface area contributed by atoms with Gasteiger partial charge < -0.3 is 9.47 Å². The molecular formula is C15H16ClNO2. The van der Waals surface area contributed by atoms with Crippen LogP contribution in [0, 0.1) is 0 Å². The molecule has 3 nitrogen and oxygen atoms in total. The number of nitrogens with zero attached hydrogens (tertiary/aromatic N) is 1. The quantitative estimate of drug-likeness (QED) is 0.754. The number of ether oxygens (including phenoxy) is 2. The molecule has 0 saturated carbocycles. The lowest BCUT2D eigenvalue weighted by Gasteiger charge is -2.09. The summed E-state index contributed by atoms with van der Waals surface area (Å²) in [6.45, 7) is 2.96. The second-order valence-electron chi connectivity index (χ2n) is 3.99. The van der Waals surface area contributed by atoms with Crippen LogP contribution in [0.2, 0.25) is 5.02 Å². The summed E-state index contributed by atoms with van der Waals surface area (Å²) in [4.78, 5) is 4.21.